The minimum atomic E-state index is -1.66. The molecule has 0 fully saturated rings. The number of carboxylic acids is 1. The predicted molar refractivity (Wildman–Crippen MR) is 88.9 cm³/mol. The van der Waals surface area contributed by atoms with Crippen LogP contribution >= 0.6 is 0 Å². The van der Waals surface area contributed by atoms with E-state index in [2.05, 4.69) is 10.6 Å². The van der Waals surface area contributed by atoms with E-state index in [9.17, 15) is 34.5 Å². The maximum Gasteiger partial charge on any atom is 0.328 e. The van der Waals surface area contributed by atoms with Crippen molar-refractivity contribution in [3.63, 3.8) is 0 Å². The fourth-order valence-electron chi connectivity index (χ4n) is 1.79. The normalized spacial score (nSPS) is 17.6. The van der Waals surface area contributed by atoms with Gasteiger partial charge in [-0.15, -0.1) is 0 Å². The van der Waals surface area contributed by atoms with E-state index in [-0.39, 0.29) is 0 Å². The summed E-state index contributed by atoms with van der Waals surface area (Å²) in [5, 5.41) is 51.9. The molecule has 0 aliphatic heterocycles. The van der Waals surface area contributed by atoms with Crippen molar-refractivity contribution in [1.29, 1.82) is 0 Å². The average Bonchev–Trinajstić information content (AvgIpc) is 2.59. The van der Waals surface area contributed by atoms with Crippen LogP contribution < -0.4 is 21.7 Å². The van der Waals surface area contributed by atoms with Crippen LogP contribution in [0.15, 0.2) is 0 Å². The van der Waals surface area contributed by atoms with E-state index < -0.39 is 73.3 Å². The maximum absolute atomic E-state index is 12.2. The molecule has 0 aliphatic carbocycles. The summed E-state index contributed by atoms with van der Waals surface area (Å²) >= 11 is 0. The lowest BCUT2D eigenvalue weighted by Gasteiger charge is -2.25. The third-order valence-electron chi connectivity index (χ3n) is 3.50. The lowest BCUT2D eigenvalue weighted by atomic mass is 10.1. The van der Waals surface area contributed by atoms with Crippen LogP contribution in [0.2, 0.25) is 0 Å². The number of rotatable bonds is 11. The molecule has 0 aromatic rings. The van der Waals surface area contributed by atoms with Gasteiger partial charge in [0, 0.05) is 0 Å². The van der Waals surface area contributed by atoms with Crippen LogP contribution in [0, 0.1) is 0 Å². The van der Waals surface area contributed by atoms with Crippen LogP contribution in [0.1, 0.15) is 13.8 Å². The van der Waals surface area contributed by atoms with Gasteiger partial charge in [0.2, 0.25) is 17.7 Å². The summed E-state index contributed by atoms with van der Waals surface area (Å²) < 4.78 is 0. The molecule has 0 aliphatic rings. The van der Waals surface area contributed by atoms with Crippen molar-refractivity contribution >= 4 is 23.7 Å². The topological polar surface area (TPSA) is 232 Å². The summed E-state index contributed by atoms with van der Waals surface area (Å²) in [6, 6.07) is -6.22. The van der Waals surface area contributed by atoms with Crippen molar-refractivity contribution in [2.75, 3.05) is 13.2 Å². The van der Waals surface area contributed by atoms with Crippen molar-refractivity contribution in [2.24, 2.45) is 5.73 Å². The number of hydrogen-bond donors (Lipinski definition) is 9. The van der Waals surface area contributed by atoms with E-state index >= 15 is 0 Å². The lowest BCUT2D eigenvalue weighted by molar-refractivity contribution is -0.144. The molecule has 156 valence electrons. The van der Waals surface area contributed by atoms with Crippen molar-refractivity contribution < 1.29 is 44.7 Å². The average molecular weight is 394 g/mol. The van der Waals surface area contributed by atoms with Gasteiger partial charge in [-0.05, 0) is 13.8 Å². The largest absolute Gasteiger partial charge is 0.480 e. The number of hydrogen-bond acceptors (Lipinski definition) is 9. The number of nitrogens with two attached hydrogens (primary N) is 1. The molecular weight excluding hydrogens is 368 g/mol. The number of aliphatic hydroxyl groups excluding tert-OH is 4. The highest BCUT2D eigenvalue weighted by Crippen LogP contribution is 1.98. The fraction of sp³-hybridized carbons (Fsp3) is 0.714. The summed E-state index contributed by atoms with van der Waals surface area (Å²) in [5.74, 6) is -4.65. The number of nitrogens with one attached hydrogen (secondary N) is 3. The van der Waals surface area contributed by atoms with E-state index in [0.717, 1.165) is 6.92 Å². The second kappa shape index (κ2) is 11.4. The minimum Gasteiger partial charge on any atom is -0.480 e. The molecule has 0 rings (SSSR count). The van der Waals surface area contributed by atoms with Crippen LogP contribution in [0.4, 0.5) is 0 Å². The van der Waals surface area contributed by atoms with Gasteiger partial charge in [-0.2, -0.15) is 0 Å². The van der Waals surface area contributed by atoms with Gasteiger partial charge in [0.25, 0.3) is 0 Å². The van der Waals surface area contributed by atoms with Gasteiger partial charge in [-0.25, -0.2) is 4.79 Å². The minimum absolute atomic E-state index is 0.882. The quantitative estimate of drug-likeness (QED) is 0.161. The fourth-order valence-corrected chi connectivity index (χ4v) is 1.79. The van der Waals surface area contributed by atoms with Crippen molar-refractivity contribution in [3.05, 3.63) is 0 Å². The first-order valence-electron chi connectivity index (χ1n) is 7.93. The second-order valence-electron chi connectivity index (χ2n) is 5.82. The van der Waals surface area contributed by atoms with Gasteiger partial charge >= 0.3 is 5.97 Å². The summed E-state index contributed by atoms with van der Waals surface area (Å²) in [5.41, 5.74) is 5.40. The van der Waals surface area contributed by atoms with Crippen LogP contribution in [0.3, 0.4) is 0 Å². The Balaban J connectivity index is 5.10. The monoisotopic (exact) mass is 394 g/mol. The van der Waals surface area contributed by atoms with Crippen molar-refractivity contribution in [2.45, 2.75) is 50.2 Å². The highest BCUT2D eigenvalue weighted by molar-refractivity contribution is 5.94. The van der Waals surface area contributed by atoms with Gasteiger partial charge in [0.05, 0.1) is 25.4 Å². The first kappa shape index (κ1) is 24.7. The van der Waals surface area contributed by atoms with Gasteiger partial charge in [0.1, 0.15) is 24.2 Å². The molecule has 0 heterocycles. The highest BCUT2D eigenvalue weighted by Gasteiger charge is 2.32. The molecule has 0 saturated heterocycles. The smallest absolute Gasteiger partial charge is 0.328 e. The van der Waals surface area contributed by atoms with Gasteiger partial charge in [-0.3, -0.25) is 14.4 Å². The summed E-state index contributed by atoms with van der Waals surface area (Å²) in [7, 11) is 0. The van der Waals surface area contributed by atoms with Crippen LogP contribution in [0.25, 0.3) is 0 Å². The molecule has 3 amide bonds. The Kier molecular flexibility index (Phi) is 10.4. The SMILES string of the molecule is CC(O)C(N)C(=O)NC(CO)C(=O)NC(C(=O)NC(CO)C(=O)O)C(C)O. The highest BCUT2D eigenvalue weighted by atomic mass is 16.4. The molecule has 13 heteroatoms. The molecule has 13 nitrogen and oxygen atoms in total. The Morgan fingerprint density at radius 3 is 1.67 bits per heavy atom. The molecule has 0 spiro atoms. The standard InChI is InChI=1S/C14H26N4O9/c1-5(21)9(15)12(24)16-7(3-19)11(23)18-10(6(2)22)13(25)17-8(4-20)14(26)27/h5-10,19-22H,3-4,15H2,1-2H3,(H,16,24)(H,17,25)(H,18,23)(H,26,27). The second-order valence-corrected chi connectivity index (χ2v) is 5.82. The van der Waals surface area contributed by atoms with E-state index in [1.54, 1.807) is 0 Å². The predicted octanol–water partition coefficient (Wildman–Crippen LogP) is -5.40. The Morgan fingerprint density at radius 1 is 0.815 bits per heavy atom. The molecule has 0 radical (unpaired) electrons. The molecule has 0 bridgehead atoms. The van der Waals surface area contributed by atoms with Crippen LogP contribution in [0.5, 0.6) is 0 Å². The third kappa shape index (κ3) is 7.84. The first-order valence-corrected chi connectivity index (χ1v) is 7.93. The number of carbonyl (C=O) groups is 4. The van der Waals surface area contributed by atoms with Gasteiger partial charge in [-0.1, -0.05) is 0 Å². The lowest BCUT2D eigenvalue weighted by Crippen LogP contribution is -2.61. The van der Waals surface area contributed by atoms with E-state index in [1.807, 2.05) is 5.32 Å². The van der Waals surface area contributed by atoms with Gasteiger partial charge < -0.3 is 47.2 Å². The zero-order valence-electron chi connectivity index (χ0n) is 14.8. The Bertz CT molecular complexity index is 541. The number of carboxylic acid groups (broad SMARTS) is 1. The van der Waals surface area contributed by atoms with Crippen molar-refractivity contribution in [3.8, 4) is 0 Å². The Labute approximate surface area is 154 Å². The molecule has 10 N–H and O–H groups in total. The number of aliphatic carboxylic acids is 1. The van der Waals surface area contributed by atoms with Crippen LogP contribution in [-0.4, -0.2) is 98.8 Å². The molecule has 0 aromatic carbocycles. The maximum atomic E-state index is 12.2. The van der Waals surface area contributed by atoms with E-state index in [0.29, 0.717) is 0 Å². The van der Waals surface area contributed by atoms with Gasteiger partial charge in [0.15, 0.2) is 0 Å². The molecule has 0 saturated carbocycles. The Morgan fingerprint density at radius 2 is 1.30 bits per heavy atom. The number of amides is 3. The molecular formula is C14H26N4O9. The number of carbonyl (C=O) groups excluding carboxylic acids is 3. The van der Waals surface area contributed by atoms with E-state index in [1.165, 1.54) is 6.92 Å². The Hall–Kier alpha value is -2.32. The molecule has 6 atom stereocenters. The summed E-state index contributed by atoms with van der Waals surface area (Å²) in [4.78, 5) is 46.8. The summed E-state index contributed by atoms with van der Waals surface area (Å²) in [6.07, 6.45) is -2.70. The zero-order valence-corrected chi connectivity index (χ0v) is 14.8. The molecule has 0 aromatic heterocycles. The zero-order chi connectivity index (χ0) is 21.3. The third-order valence-corrected chi connectivity index (χ3v) is 3.50. The van der Waals surface area contributed by atoms with Crippen LogP contribution in [-0.2, 0) is 19.2 Å². The first-order chi connectivity index (χ1) is 12.5. The summed E-state index contributed by atoms with van der Waals surface area (Å²) in [6.45, 7) is 0.571. The van der Waals surface area contributed by atoms with E-state index in [4.69, 9.17) is 15.9 Å². The van der Waals surface area contributed by atoms with Crippen molar-refractivity contribution in [1.82, 2.24) is 16.0 Å². The molecule has 27 heavy (non-hydrogen) atoms. The molecule has 6 unspecified atom stereocenters. The number of aliphatic hydroxyl groups is 4.